The molecule has 6 nitrogen and oxygen atoms in total. The van der Waals surface area contributed by atoms with Gasteiger partial charge in [0.25, 0.3) is 0 Å². The van der Waals surface area contributed by atoms with Crippen LogP contribution in [0.1, 0.15) is 16.1 Å². The molecule has 122 valence electrons. The minimum atomic E-state index is -0.104. The molecule has 0 fully saturated rings. The lowest BCUT2D eigenvalue weighted by molar-refractivity contribution is 0.112. The molecule has 0 aliphatic heterocycles. The summed E-state index contributed by atoms with van der Waals surface area (Å²) in [6.07, 6.45) is 4.12. The third-order valence-electron chi connectivity index (χ3n) is 4.11. The smallest absolute Gasteiger partial charge is 0.200 e. The van der Waals surface area contributed by atoms with Gasteiger partial charge in [-0.15, -0.1) is 0 Å². The predicted octanol–water partition coefficient (Wildman–Crippen LogP) is 2.90. The van der Waals surface area contributed by atoms with Gasteiger partial charge >= 0.3 is 0 Å². The van der Waals surface area contributed by atoms with Crippen molar-refractivity contribution in [2.75, 3.05) is 0 Å². The molecule has 0 saturated carbocycles. The van der Waals surface area contributed by atoms with E-state index in [4.69, 9.17) is 0 Å². The molecule has 0 radical (unpaired) electrons. The summed E-state index contributed by atoms with van der Waals surface area (Å²) in [4.78, 5) is 31.2. The number of aromatic amines is 1. The maximum atomic E-state index is 13.0. The van der Waals surface area contributed by atoms with E-state index in [9.17, 15) is 9.59 Å². The van der Waals surface area contributed by atoms with Crippen molar-refractivity contribution in [3.05, 3.63) is 76.3 Å². The van der Waals surface area contributed by atoms with E-state index < -0.39 is 0 Å². The van der Waals surface area contributed by atoms with E-state index in [1.165, 1.54) is 0 Å². The molecule has 3 aromatic heterocycles. The number of hydrogen-bond donors (Lipinski definition) is 1. The van der Waals surface area contributed by atoms with Crippen molar-refractivity contribution in [2.24, 2.45) is 0 Å². The van der Waals surface area contributed by atoms with Gasteiger partial charge in [0, 0.05) is 23.5 Å². The maximum absolute atomic E-state index is 13.0. The molecule has 0 saturated heterocycles. The van der Waals surface area contributed by atoms with Gasteiger partial charge in [0.2, 0.25) is 5.43 Å². The second kappa shape index (κ2) is 5.83. The lowest BCUT2D eigenvalue weighted by Crippen LogP contribution is -2.07. The van der Waals surface area contributed by atoms with Gasteiger partial charge in [-0.3, -0.25) is 9.59 Å². The van der Waals surface area contributed by atoms with E-state index in [0.717, 1.165) is 11.8 Å². The first kappa shape index (κ1) is 15.0. The summed E-state index contributed by atoms with van der Waals surface area (Å²) in [6, 6.07) is 12.4. The number of carbonyl (C=O) groups is 1. The van der Waals surface area contributed by atoms with Crippen LogP contribution in [0.15, 0.2) is 59.7 Å². The lowest BCUT2D eigenvalue weighted by atomic mass is 10.0. The van der Waals surface area contributed by atoms with E-state index in [0.29, 0.717) is 33.7 Å². The van der Waals surface area contributed by atoms with Crippen molar-refractivity contribution in [3.63, 3.8) is 0 Å². The largest absolute Gasteiger partial charge is 0.345 e. The summed E-state index contributed by atoms with van der Waals surface area (Å²) in [7, 11) is 0. The topological polar surface area (TPSA) is 80.6 Å². The number of benzene rings is 1. The Morgan fingerprint density at radius 2 is 1.92 bits per heavy atom. The molecular weight excluding hydrogens is 316 g/mol. The second-order valence-corrected chi connectivity index (χ2v) is 5.68. The van der Waals surface area contributed by atoms with Crippen molar-refractivity contribution in [3.8, 4) is 16.9 Å². The van der Waals surface area contributed by atoms with Crippen LogP contribution in [0.2, 0.25) is 0 Å². The Morgan fingerprint density at radius 3 is 2.60 bits per heavy atom. The standard InChI is InChI=1S/C19H14N4O2/c1-12-17-18(25)15(14-7-5-13(11-24)6-8-14)10-21-19(17)23(22-12)16-4-2-3-9-20-16/h2-11H,1H3,(H,21,25). The Balaban J connectivity index is 1.93. The van der Waals surface area contributed by atoms with Gasteiger partial charge in [0.1, 0.15) is 11.9 Å². The number of fused-ring (bicyclic) bond motifs is 1. The predicted molar refractivity (Wildman–Crippen MR) is 95.0 cm³/mol. The van der Waals surface area contributed by atoms with Crippen molar-refractivity contribution in [1.29, 1.82) is 0 Å². The van der Waals surface area contributed by atoms with E-state index in [1.54, 1.807) is 48.3 Å². The van der Waals surface area contributed by atoms with Crippen LogP contribution >= 0.6 is 0 Å². The molecule has 0 amide bonds. The van der Waals surface area contributed by atoms with Crippen molar-refractivity contribution in [1.82, 2.24) is 19.7 Å². The molecule has 4 aromatic rings. The van der Waals surface area contributed by atoms with E-state index in [1.807, 2.05) is 18.2 Å². The number of hydrogen-bond acceptors (Lipinski definition) is 4. The quantitative estimate of drug-likeness (QED) is 0.586. The van der Waals surface area contributed by atoms with Gasteiger partial charge in [0.15, 0.2) is 5.82 Å². The van der Waals surface area contributed by atoms with Crippen LogP contribution in [0.25, 0.3) is 28.0 Å². The molecule has 4 rings (SSSR count). The number of carbonyl (C=O) groups excluding carboxylic acids is 1. The van der Waals surface area contributed by atoms with E-state index >= 15 is 0 Å². The number of aldehydes is 1. The monoisotopic (exact) mass is 330 g/mol. The minimum absolute atomic E-state index is 0.104. The van der Waals surface area contributed by atoms with Crippen LogP contribution < -0.4 is 5.43 Å². The van der Waals surface area contributed by atoms with Crippen LogP contribution in [0.4, 0.5) is 0 Å². The average Bonchev–Trinajstić information content (AvgIpc) is 3.00. The zero-order valence-corrected chi connectivity index (χ0v) is 13.4. The number of pyridine rings is 2. The Labute approximate surface area is 142 Å². The Hall–Kier alpha value is -3.54. The first-order valence-electron chi connectivity index (χ1n) is 7.77. The molecule has 0 bridgehead atoms. The molecule has 1 N–H and O–H groups in total. The number of aromatic nitrogens is 4. The van der Waals surface area contributed by atoms with Crippen LogP contribution in [0, 0.1) is 6.92 Å². The summed E-state index contributed by atoms with van der Waals surface area (Å²) in [6.45, 7) is 1.80. The van der Waals surface area contributed by atoms with Gasteiger partial charge in [-0.1, -0.05) is 30.3 Å². The fourth-order valence-electron chi connectivity index (χ4n) is 2.87. The Morgan fingerprint density at radius 1 is 1.12 bits per heavy atom. The van der Waals surface area contributed by atoms with Crippen LogP contribution in [-0.2, 0) is 0 Å². The van der Waals surface area contributed by atoms with Crippen molar-refractivity contribution >= 4 is 17.3 Å². The maximum Gasteiger partial charge on any atom is 0.200 e. The molecular formula is C19H14N4O2. The number of aryl methyl sites for hydroxylation is 1. The highest BCUT2D eigenvalue weighted by atomic mass is 16.1. The SMILES string of the molecule is Cc1nn(-c2ccccn2)c2[nH]cc(-c3ccc(C=O)cc3)c(=O)c12. The number of H-pyrrole nitrogens is 1. The Kier molecular flexibility index (Phi) is 3.50. The summed E-state index contributed by atoms with van der Waals surface area (Å²) in [5, 5.41) is 4.99. The second-order valence-electron chi connectivity index (χ2n) is 5.68. The lowest BCUT2D eigenvalue weighted by Gasteiger charge is -2.04. The summed E-state index contributed by atoms with van der Waals surface area (Å²) < 4.78 is 1.63. The summed E-state index contributed by atoms with van der Waals surface area (Å²) >= 11 is 0. The molecule has 6 heteroatoms. The van der Waals surface area contributed by atoms with Gasteiger partial charge in [-0.25, -0.2) is 4.98 Å². The van der Waals surface area contributed by atoms with Gasteiger partial charge in [0.05, 0.1) is 11.1 Å². The van der Waals surface area contributed by atoms with Crippen LogP contribution in [0.3, 0.4) is 0 Å². The molecule has 1 aromatic carbocycles. The number of nitrogens with one attached hydrogen (secondary N) is 1. The fraction of sp³-hybridized carbons (Fsp3) is 0.0526. The summed E-state index contributed by atoms with van der Waals surface area (Å²) in [5.41, 5.74) is 2.99. The third kappa shape index (κ3) is 2.44. The summed E-state index contributed by atoms with van der Waals surface area (Å²) in [5.74, 6) is 0.638. The first-order chi connectivity index (χ1) is 12.2. The van der Waals surface area contributed by atoms with Gasteiger partial charge < -0.3 is 4.98 Å². The molecule has 0 unspecified atom stereocenters. The molecule has 0 spiro atoms. The number of nitrogens with zero attached hydrogens (tertiary/aromatic N) is 3. The van der Waals surface area contributed by atoms with E-state index in [-0.39, 0.29) is 5.43 Å². The van der Waals surface area contributed by atoms with Crippen molar-refractivity contribution < 1.29 is 4.79 Å². The minimum Gasteiger partial charge on any atom is -0.345 e. The van der Waals surface area contributed by atoms with Crippen LogP contribution in [0.5, 0.6) is 0 Å². The zero-order chi connectivity index (χ0) is 17.4. The normalized spacial score (nSPS) is 10.9. The molecule has 0 aliphatic carbocycles. The first-order valence-corrected chi connectivity index (χ1v) is 7.77. The van der Waals surface area contributed by atoms with Crippen LogP contribution in [-0.4, -0.2) is 26.0 Å². The molecule has 3 heterocycles. The average molecular weight is 330 g/mol. The third-order valence-corrected chi connectivity index (χ3v) is 4.11. The zero-order valence-electron chi connectivity index (χ0n) is 13.4. The van der Waals surface area contributed by atoms with Crippen molar-refractivity contribution in [2.45, 2.75) is 6.92 Å². The highest BCUT2D eigenvalue weighted by Crippen LogP contribution is 2.21. The number of rotatable bonds is 3. The van der Waals surface area contributed by atoms with E-state index in [2.05, 4.69) is 15.1 Å². The van der Waals surface area contributed by atoms with Gasteiger partial charge in [-0.05, 0) is 24.6 Å². The van der Waals surface area contributed by atoms with Gasteiger partial charge in [-0.2, -0.15) is 9.78 Å². The molecule has 0 atom stereocenters. The molecule has 0 aliphatic rings. The molecule has 25 heavy (non-hydrogen) atoms. The highest BCUT2D eigenvalue weighted by molar-refractivity contribution is 5.84. The fourth-order valence-corrected chi connectivity index (χ4v) is 2.87. The highest BCUT2D eigenvalue weighted by Gasteiger charge is 2.16. The Bertz CT molecular complexity index is 1130.